The molecule has 2 aliphatic heterocycles. The highest BCUT2D eigenvalue weighted by atomic mass is 35.5. The molecule has 0 N–H and O–H groups in total. The maximum absolute atomic E-state index is 12.7. The molecule has 1 saturated heterocycles. The number of likely N-dealkylation sites (tertiary alicyclic amines) is 1. The SMILES string of the molecule is COc1ccc(C)cc1C(=O)CCC(=O)N1CCC2(CC1)CC(=O)c1cc(Cl)ccc1O2. The lowest BCUT2D eigenvalue weighted by atomic mass is 9.82. The first-order valence-corrected chi connectivity index (χ1v) is 11.2. The van der Waals surface area contributed by atoms with Crippen LogP contribution in [-0.2, 0) is 4.79 Å². The fraction of sp³-hybridized carbons (Fsp3) is 0.400. The van der Waals surface area contributed by atoms with Crippen molar-refractivity contribution in [3.8, 4) is 11.5 Å². The van der Waals surface area contributed by atoms with Gasteiger partial charge >= 0.3 is 0 Å². The zero-order valence-corrected chi connectivity index (χ0v) is 19.0. The third kappa shape index (κ3) is 4.51. The fourth-order valence-electron chi connectivity index (χ4n) is 4.46. The van der Waals surface area contributed by atoms with Crippen LogP contribution in [0.3, 0.4) is 0 Å². The van der Waals surface area contributed by atoms with Gasteiger partial charge < -0.3 is 14.4 Å². The molecular formula is C25H26ClNO5. The van der Waals surface area contributed by atoms with E-state index in [2.05, 4.69) is 0 Å². The number of ketones is 2. The first-order chi connectivity index (χ1) is 15.3. The number of nitrogens with zero attached hydrogens (tertiary/aromatic N) is 1. The Balaban J connectivity index is 1.34. The van der Waals surface area contributed by atoms with Gasteiger partial charge in [0.15, 0.2) is 11.6 Å². The second-order valence-corrected chi connectivity index (χ2v) is 8.97. The van der Waals surface area contributed by atoms with Gasteiger partial charge in [0.2, 0.25) is 5.91 Å². The first kappa shape index (κ1) is 22.3. The van der Waals surface area contributed by atoms with E-state index in [4.69, 9.17) is 21.1 Å². The van der Waals surface area contributed by atoms with Gasteiger partial charge in [-0.3, -0.25) is 14.4 Å². The number of carbonyl (C=O) groups excluding carboxylic acids is 3. The van der Waals surface area contributed by atoms with E-state index in [-0.39, 0.29) is 36.7 Å². The summed E-state index contributed by atoms with van der Waals surface area (Å²) in [5.74, 6) is 0.931. The highest BCUT2D eigenvalue weighted by Gasteiger charge is 2.43. The Labute approximate surface area is 192 Å². The summed E-state index contributed by atoms with van der Waals surface area (Å²) < 4.78 is 11.5. The third-order valence-electron chi connectivity index (χ3n) is 6.30. The van der Waals surface area contributed by atoms with Crippen LogP contribution in [0.4, 0.5) is 0 Å². The Morgan fingerprint density at radius 3 is 2.59 bits per heavy atom. The number of piperidine rings is 1. The maximum Gasteiger partial charge on any atom is 0.223 e. The maximum atomic E-state index is 12.7. The van der Waals surface area contributed by atoms with E-state index in [1.807, 2.05) is 13.0 Å². The largest absolute Gasteiger partial charge is 0.496 e. The molecule has 6 nitrogen and oxygen atoms in total. The molecular weight excluding hydrogens is 430 g/mol. The first-order valence-electron chi connectivity index (χ1n) is 10.8. The average Bonchev–Trinajstić information content (AvgIpc) is 2.78. The number of carbonyl (C=O) groups is 3. The summed E-state index contributed by atoms with van der Waals surface area (Å²) in [6, 6.07) is 10.5. The van der Waals surface area contributed by atoms with E-state index in [1.54, 1.807) is 35.2 Å². The standard InChI is InChI=1S/C25H26ClNO5/c1-16-3-6-22(31-2)18(13-16)20(28)5-8-24(30)27-11-9-25(10-12-27)15-21(29)19-14-17(26)4-7-23(19)32-25/h3-4,6-7,13-14H,5,8-12,15H2,1-2H3. The van der Waals surface area contributed by atoms with Crippen molar-refractivity contribution in [3.63, 3.8) is 0 Å². The van der Waals surface area contributed by atoms with Gasteiger partial charge in [0.1, 0.15) is 17.1 Å². The van der Waals surface area contributed by atoms with Gasteiger partial charge in [0.25, 0.3) is 0 Å². The molecule has 1 spiro atoms. The van der Waals surface area contributed by atoms with E-state index >= 15 is 0 Å². The van der Waals surface area contributed by atoms with Crippen LogP contribution < -0.4 is 9.47 Å². The molecule has 2 aliphatic rings. The van der Waals surface area contributed by atoms with Crippen molar-refractivity contribution >= 4 is 29.1 Å². The number of benzene rings is 2. The van der Waals surface area contributed by atoms with E-state index < -0.39 is 5.60 Å². The Morgan fingerprint density at radius 2 is 1.88 bits per heavy atom. The summed E-state index contributed by atoms with van der Waals surface area (Å²) in [6.45, 7) is 2.91. The summed E-state index contributed by atoms with van der Waals surface area (Å²) >= 11 is 6.01. The molecule has 0 saturated carbocycles. The van der Waals surface area contributed by atoms with Gasteiger partial charge in [-0.1, -0.05) is 23.2 Å². The molecule has 2 aromatic carbocycles. The van der Waals surface area contributed by atoms with Crippen molar-refractivity contribution in [2.45, 2.75) is 44.6 Å². The molecule has 0 radical (unpaired) electrons. The third-order valence-corrected chi connectivity index (χ3v) is 6.53. The van der Waals surface area contributed by atoms with E-state index in [0.717, 1.165) is 5.56 Å². The molecule has 0 atom stereocenters. The Morgan fingerprint density at radius 1 is 1.12 bits per heavy atom. The van der Waals surface area contributed by atoms with Gasteiger partial charge in [-0.25, -0.2) is 0 Å². The van der Waals surface area contributed by atoms with Gasteiger partial charge in [-0.05, 0) is 37.3 Å². The number of Topliss-reactive ketones (excluding diaryl/α,β-unsaturated/α-hetero) is 2. The quantitative estimate of drug-likeness (QED) is 0.614. The topological polar surface area (TPSA) is 72.9 Å². The van der Waals surface area contributed by atoms with Crippen LogP contribution in [0, 0.1) is 6.92 Å². The van der Waals surface area contributed by atoms with Crippen LogP contribution in [0.5, 0.6) is 11.5 Å². The van der Waals surface area contributed by atoms with Gasteiger partial charge in [0.05, 0.1) is 24.7 Å². The van der Waals surface area contributed by atoms with E-state index in [1.165, 1.54) is 7.11 Å². The molecule has 0 aromatic heterocycles. The minimum absolute atomic E-state index is 0.0197. The number of rotatable bonds is 5. The number of halogens is 1. The molecule has 2 aromatic rings. The van der Waals surface area contributed by atoms with Gasteiger partial charge in [0, 0.05) is 43.8 Å². The molecule has 1 fully saturated rings. The number of amides is 1. The molecule has 0 bridgehead atoms. The molecule has 7 heteroatoms. The lowest BCUT2D eigenvalue weighted by Gasteiger charge is -2.44. The smallest absolute Gasteiger partial charge is 0.223 e. The molecule has 168 valence electrons. The van der Waals surface area contributed by atoms with Crippen molar-refractivity contribution in [2.24, 2.45) is 0 Å². The normalized spacial score (nSPS) is 17.0. The fourth-order valence-corrected chi connectivity index (χ4v) is 4.63. The lowest BCUT2D eigenvalue weighted by Crippen LogP contribution is -2.52. The second kappa shape index (κ2) is 8.94. The summed E-state index contributed by atoms with van der Waals surface area (Å²) in [5, 5.41) is 0.509. The van der Waals surface area contributed by atoms with E-state index in [0.29, 0.717) is 53.6 Å². The van der Waals surface area contributed by atoms with Gasteiger partial charge in [-0.15, -0.1) is 0 Å². The Bertz CT molecular complexity index is 1070. The highest BCUT2D eigenvalue weighted by Crippen LogP contribution is 2.40. The Kier molecular flexibility index (Phi) is 6.24. The minimum Gasteiger partial charge on any atom is -0.496 e. The number of hydrogen-bond donors (Lipinski definition) is 0. The van der Waals surface area contributed by atoms with Crippen LogP contribution in [0.15, 0.2) is 36.4 Å². The monoisotopic (exact) mass is 455 g/mol. The average molecular weight is 456 g/mol. The number of ether oxygens (including phenoxy) is 2. The number of hydrogen-bond acceptors (Lipinski definition) is 5. The zero-order valence-electron chi connectivity index (χ0n) is 18.3. The molecule has 32 heavy (non-hydrogen) atoms. The predicted octanol–water partition coefficient (Wildman–Crippen LogP) is 4.65. The molecule has 4 rings (SSSR count). The van der Waals surface area contributed by atoms with Crippen LogP contribution in [0.25, 0.3) is 0 Å². The summed E-state index contributed by atoms with van der Waals surface area (Å²) in [6.07, 6.45) is 1.71. The Hall–Kier alpha value is -2.86. The highest BCUT2D eigenvalue weighted by molar-refractivity contribution is 6.31. The van der Waals surface area contributed by atoms with Crippen LogP contribution in [0.1, 0.15) is 58.4 Å². The minimum atomic E-state index is -0.584. The van der Waals surface area contributed by atoms with E-state index in [9.17, 15) is 14.4 Å². The lowest BCUT2D eigenvalue weighted by molar-refractivity contribution is -0.134. The predicted molar refractivity (Wildman–Crippen MR) is 121 cm³/mol. The summed E-state index contributed by atoms with van der Waals surface area (Å²) in [7, 11) is 1.53. The van der Waals surface area contributed by atoms with Crippen LogP contribution in [0.2, 0.25) is 5.02 Å². The van der Waals surface area contributed by atoms with Crippen molar-refractivity contribution in [1.29, 1.82) is 0 Å². The second-order valence-electron chi connectivity index (χ2n) is 8.53. The summed E-state index contributed by atoms with van der Waals surface area (Å²) in [5.41, 5.74) is 1.41. The number of aryl methyl sites for hydroxylation is 1. The van der Waals surface area contributed by atoms with Crippen molar-refractivity contribution in [1.82, 2.24) is 4.90 Å². The number of fused-ring (bicyclic) bond motifs is 1. The summed E-state index contributed by atoms with van der Waals surface area (Å²) in [4.78, 5) is 39.8. The van der Waals surface area contributed by atoms with Crippen LogP contribution in [-0.4, -0.2) is 48.2 Å². The van der Waals surface area contributed by atoms with Crippen molar-refractivity contribution < 1.29 is 23.9 Å². The molecule has 1 amide bonds. The van der Waals surface area contributed by atoms with Gasteiger partial charge in [-0.2, -0.15) is 0 Å². The van der Waals surface area contributed by atoms with Crippen molar-refractivity contribution in [3.05, 3.63) is 58.1 Å². The van der Waals surface area contributed by atoms with Crippen LogP contribution >= 0.6 is 11.6 Å². The molecule has 0 aliphatic carbocycles. The molecule has 2 heterocycles. The molecule has 0 unspecified atom stereocenters. The van der Waals surface area contributed by atoms with Crippen molar-refractivity contribution in [2.75, 3.05) is 20.2 Å². The zero-order chi connectivity index (χ0) is 22.9. The number of methoxy groups -OCH3 is 1.